The van der Waals surface area contributed by atoms with Crippen LogP contribution in [0.5, 0.6) is 0 Å². The predicted octanol–water partition coefficient (Wildman–Crippen LogP) is 2.13. The second-order valence-electron chi connectivity index (χ2n) is 4.90. The molecule has 1 heterocycles. The van der Waals surface area contributed by atoms with Gasteiger partial charge in [-0.3, -0.25) is 0 Å². The lowest BCUT2D eigenvalue weighted by Crippen LogP contribution is -2.40. The summed E-state index contributed by atoms with van der Waals surface area (Å²) in [5.74, 6) is 0. The van der Waals surface area contributed by atoms with Gasteiger partial charge in [0.1, 0.15) is 0 Å². The number of aryl methyl sites for hydroxylation is 1. The number of nitrogens with one attached hydrogen (secondary N) is 1. The van der Waals surface area contributed by atoms with Crippen LogP contribution in [0.1, 0.15) is 18.4 Å². The zero-order valence-corrected chi connectivity index (χ0v) is 13.6. The fourth-order valence-electron chi connectivity index (χ4n) is 2.51. The molecule has 0 amide bonds. The molecule has 0 aliphatic carbocycles. The fraction of sp³-hybridized carbons (Fsp3) is 0.538. The first-order valence-corrected chi connectivity index (χ1v) is 8.62. The highest BCUT2D eigenvalue weighted by Gasteiger charge is 2.35. The van der Waals surface area contributed by atoms with E-state index < -0.39 is 10.0 Å². The molecule has 6 heteroatoms. The van der Waals surface area contributed by atoms with Gasteiger partial charge in [-0.15, -0.1) is 0 Å². The van der Waals surface area contributed by atoms with Crippen molar-refractivity contribution in [2.45, 2.75) is 30.7 Å². The molecular formula is C13H19BrN2O2S. The van der Waals surface area contributed by atoms with Crippen LogP contribution >= 0.6 is 15.9 Å². The number of hydrogen-bond acceptors (Lipinski definition) is 3. The van der Waals surface area contributed by atoms with Gasteiger partial charge in [0.2, 0.25) is 10.0 Å². The van der Waals surface area contributed by atoms with Gasteiger partial charge >= 0.3 is 0 Å². The van der Waals surface area contributed by atoms with E-state index in [2.05, 4.69) is 21.2 Å². The molecule has 1 N–H and O–H groups in total. The SMILES string of the molecule is CNCC1CCCN1S(=O)(=O)c1ccc(C)cc1Br. The highest BCUT2D eigenvalue weighted by atomic mass is 79.9. The molecule has 106 valence electrons. The van der Waals surface area contributed by atoms with E-state index in [1.165, 1.54) is 0 Å². The summed E-state index contributed by atoms with van der Waals surface area (Å²) >= 11 is 3.37. The topological polar surface area (TPSA) is 49.4 Å². The number of halogens is 1. The molecule has 4 nitrogen and oxygen atoms in total. The second-order valence-corrected chi connectivity index (χ2v) is 7.62. The molecular weight excluding hydrogens is 328 g/mol. The maximum absolute atomic E-state index is 12.7. The molecule has 0 saturated carbocycles. The molecule has 0 radical (unpaired) electrons. The van der Waals surface area contributed by atoms with Crippen molar-refractivity contribution in [3.63, 3.8) is 0 Å². The van der Waals surface area contributed by atoms with Crippen molar-refractivity contribution in [3.8, 4) is 0 Å². The van der Waals surface area contributed by atoms with E-state index in [1.807, 2.05) is 26.1 Å². The average Bonchev–Trinajstić information content (AvgIpc) is 2.78. The molecule has 1 aliphatic heterocycles. The molecule has 1 aromatic rings. The van der Waals surface area contributed by atoms with Crippen molar-refractivity contribution in [2.75, 3.05) is 20.1 Å². The van der Waals surface area contributed by atoms with Crippen LogP contribution < -0.4 is 5.32 Å². The monoisotopic (exact) mass is 346 g/mol. The van der Waals surface area contributed by atoms with Crippen LogP contribution in [0.3, 0.4) is 0 Å². The quantitative estimate of drug-likeness (QED) is 0.908. The Morgan fingerprint density at radius 1 is 1.47 bits per heavy atom. The molecule has 0 bridgehead atoms. The Kier molecular flexibility index (Phi) is 4.66. The maximum atomic E-state index is 12.7. The van der Waals surface area contributed by atoms with Gasteiger partial charge in [-0.2, -0.15) is 4.31 Å². The van der Waals surface area contributed by atoms with Gasteiger partial charge in [0.25, 0.3) is 0 Å². The molecule has 1 aromatic carbocycles. The molecule has 1 saturated heterocycles. The number of hydrogen-bond donors (Lipinski definition) is 1. The number of likely N-dealkylation sites (N-methyl/N-ethyl adjacent to an activating group) is 1. The van der Waals surface area contributed by atoms with Crippen LogP contribution in [0.15, 0.2) is 27.6 Å². The van der Waals surface area contributed by atoms with Crippen LogP contribution in [0.25, 0.3) is 0 Å². The van der Waals surface area contributed by atoms with Gasteiger partial charge in [-0.25, -0.2) is 8.42 Å². The van der Waals surface area contributed by atoms with E-state index in [-0.39, 0.29) is 6.04 Å². The summed E-state index contributed by atoms with van der Waals surface area (Å²) in [5.41, 5.74) is 1.04. The van der Waals surface area contributed by atoms with Crippen molar-refractivity contribution in [3.05, 3.63) is 28.2 Å². The molecule has 2 rings (SSSR count). The van der Waals surface area contributed by atoms with Gasteiger partial charge in [0.05, 0.1) is 4.90 Å². The number of sulfonamides is 1. The van der Waals surface area contributed by atoms with Crippen molar-refractivity contribution < 1.29 is 8.42 Å². The third-order valence-corrected chi connectivity index (χ3v) is 6.37. The first kappa shape index (κ1) is 15.0. The maximum Gasteiger partial charge on any atom is 0.244 e. The predicted molar refractivity (Wildman–Crippen MR) is 79.7 cm³/mol. The minimum Gasteiger partial charge on any atom is -0.318 e. The molecule has 1 aliphatic rings. The summed E-state index contributed by atoms with van der Waals surface area (Å²) in [6.07, 6.45) is 1.85. The summed E-state index contributed by atoms with van der Waals surface area (Å²) in [5, 5.41) is 3.07. The zero-order valence-electron chi connectivity index (χ0n) is 11.2. The van der Waals surface area contributed by atoms with E-state index in [0.717, 1.165) is 18.4 Å². The summed E-state index contributed by atoms with van der Waals surface area (Å²) in [6.45, 7) is 3.25. The Morgan fingerprint density at radius 3 is 2.84 bits per heavy atom. The molecule has 19 heavy (non-hydrogen) atoms. The van der Waals surface area contributed by atoms with Crippen molar-refractivity contribution in [1.29, 1.82) is 0 Å². The Morgan fingerprint density at radius 2 is 2.21 bits per heavy atom. The number of nitrogens with zero attached hydrogens (tertiary/aromatic N) is 1. The largest absolute Gasteiger partial charge is 0.318 e. The van der Waals surface area contributed by atoms with E-state index in [1.54, 1.807) is 10.4 Å². The van der Waals surface area contributed by atoms with Gasteiger partial charge in [0, 0.05) is 23.6 Å². The zero-order chi connectivity index (χ0) is 14.0. The lowest BCUT2D eigenvalue weighted by molar-refractivity contribution is 0.379. The first-order chi connectivity index (χ1) is 8.96. The van der Waals surface area contributed by atoms with Crippen molar-refractivity contribution >= 4 is 26.0 Å². The van der Waals surface area contributed by atoms with Gasteiger partial charge in [0.15, 0.2) is 0 Å². The normalized spacial score (nSPS) is 20.9. The van der Waals surface area contributed by atoms with Crippen molar-refractivity contribution in [2.24, 2.45) is 0 Å². The lowest BCUT2D eigenvalue weighted by Gasteiger charge is -2.24. The fourth-order valence-corrected chi connectivity index (χ4v) is 5.35. The Bertz CT molecular complexity index is 560. The van der Waals surface area contributed by atoms with Gasteiger partial charge in [-0.1, -0.05) is 6.07 Å². The molecule has 0 aromatic heterocycles. The van der Waals surface area contributed by atoms with Crippen molar-refractivity contribution in [1.82, 2.24) is 9.62 Å². The van der Waals surface area contributed by atoms with Crippen LogP contribution in [0, 0.1) is 6.92 Å². The third-order valence-electron chi connectivity index (χ3n) is 3.44. The molecule has 1 fully saturated rings. The van der Waals surface area contributed by atoms with Gasteiger partial charge in [-0.05, 0) is 60.4 Å². The van der Waals surface area contributed by atoms with E-state index in [9.17, 15) is 8.42 Å². The minimum atomic E-state index is -3.41. The summed E-state index contributed by atoms with van der Waals surface area (Å²) in [6, 6.07) is 5.42. The Labute approximate surface area is 123 Å². The average molecular weight is 347 g/mol. The Balaban J connectivity index is 2.36. The van der Waals surface area contributed by atoms with Crippen LogP contribution in [-0.4, -0.2) is 38.9 Å². The summed E-state index contributed by atoms with van der Waals surface area (Å²) in [4.78, 5) is 0.362. The summed E-state index contributed by atoms with van der Waals surface area (Å²) < 4.78 is 27.7. The molecule has 1 atom stereocenters. The molecule has 1 unspecified atom stereocenters. The number of rotatable bonds is 4. The van der Waals surface area contributed by atoms with E-state index in [0.29, 0.717) is 22.5 Å². The van der Waals surface area contributed by atoms with Crippen LogP contribution in [-0.2, 0) is 10.0 Å². The Hall–Kier alpha value is -0.430. The van der Waals surface area contributed by atoms with Gasteiger partial charge < -0.3 is 5.32 Å². The first-order valence-electron chi connectivity index (χ1n) is 6.39. The lowest BCUT2D eigenvalue weighted by atomic mass is 10.2. The van der Waals surface area contributed by atoms with Crippen LogP contribution in [0.2, 0.25) is 0 Å². The van der Waals surface area contributed by atoms with E-state index >= 15 is 0 Å². The highest BCUT2D eigenvalue weighted by Crippen LogP contribution is 2.30. The third kappa shape index (κ3) is 3.02. The smallest absolute Gasteiger partial charge is 0.244 e. The highest BCUT2D eigenvalue weighted by molar-refractivity contribution is 9.10. The minimum absolute atomic E-state index is 0.0585. The van der Waals surface area contributed by atoms with E-state index in [4.69, 9.17) is 0 Å². The van der Waals surface area contributed by atoms with Crippen LogP contribution in [0.4, 0.5) is 0 Å². The second kappa shape index (κ2) is 5.91. The summed E-state index contributed by atoms with van der Waals surface area (Å²) in [7, 11) is -1.56. The number of benzene rings is 1. The standard InChI is InChI=1S/C13H19BrN2O2S/c1-10-5-6-13(12(14)8-10)19(17,18)16-7-3-4-11(16)9-15-2/h5-6,8,11,15H,3-4,7,9H2,1-2H3. The molecule has 0 spiro atoms.